The van der Waals surface area contributed by atoms with E-state index in [4.69, 9.17) is 0 Å². The van der Waals surface area contributed by atoms with E-state index in [1.54, 1.807) is 12.1 Å². The summed E-state index contributed by atoms with van der Waals surface area (Å²) < 4.78 is 0. The largest absolute Gasteiger partial charge is 0.508 e. The Bertz CT molecular complexity index is 511. The van der Waals surface area contributed by atoms with E-state index in [9.17, 15) is 10.2 Å². The third-order valence-electron chi connectivity index (χ3n) is 3.96. The van der Waals surface area contributed by atoms with Gasteiger partial charge in [0.1, 0.15) is 11.5 Å². The molecule has 0 saturated carbocycles. The standard InChI is InChI=1S/C18H22O2/c1-3-17(13-7-5-9-15(19)11-13)18(4-2)14-8-6-10-16(20)12-14/h5-12,17-20H,3-4H2,1-2H3/t17-,18-/m1/s1. The lowest BCUT2D eigenvalue weighted by molar-refractivity contribution is 0.462. The van der Waals surface area contributed by atoms with Crippen LogP contribution in [0.4, 0.5) is 0 Å². The number of phenolic OH excluding ortho intramolecular Hbond substituents is 2. The Kier molecular flexibility index (Phi) is 4.67. The van der Waals surface area contributed by atoms with Crippen molar-refractivity contribution >= 4 is 0 Å². The van der Waals surface area contributed by atoms with Gasteiger partial charge in [0, 0.05) is 0 Å². The molecule has 0 unspecified atom stereocenters. The van der Waals surface area contributed by atoms with Crippen molar-refractivity contribution in [2.45, 2.75) is 38.5 Å². The third kappa shape index (κ3) is 3.13. The van der Waals surface area contributed by atoms with E-state index in [1.807, 2.05) is 24.3 Å². The average Bonchev–Trinajstić information content (AvgIpc) is 2.44. The Labute approximate surface area is 120 Å². The zero-order chi connectivity index (χ0) is 14.5. The van der Waals surface area contributed by atoms with Crippen LogP contribution in [0.15, 0.2) is 48.5 Å². The summed E-state index contributed by atoms with van der Waals surface area (Å²) in [5.41, 5.74) is 2.31. The molecule has 0 amide bonds. The topological polar surface area (TPSA) is 40.5 Å². The third-order valence-corrected chi connectivity index (χ3v) is 3.96. The van der Waals surface area contributed by atoms with Crippen molar-refractivity contribution in [3.63, 3.8) is 0 Å². The molecule has 0 aliphatic rings. The van der Waals surface area contributed by atoms with E-state index in [1.165, 1.54) is 0 Å². The Morgan fingerprint density at radius 2 is 1.15 bits per heavy atom. The SMILES string of the molecule is CC[C@H](c1cccc(O)c1)[C@H](CC)c1cccc(O)c1. The van der Waals surface area contributed by atoms with E-state index in [0.717, 1.165) is 24.0 Å². The zero-order valence-corrected chi connectivity index (χ0v) is 12.1. The molecule has 0 bridgehead atoms. The van der Waals surface area contributed by atoms with Crippen LogP contribution in [-0.4, -0.2) is 10.2 Å². The van der Waals surface area contributed by atoms with E-state index in [0.29, 0.717) is 23.3 Å². The molecule has 106 valence electrons. The second-order valence-electron chi connectivity index (χ2n) is 5.22. The fourth-order valence-corrected chi connectivity index (χ4v) is 3.02. The summed E-state index contributed by atoms with van der Waals surface area (Å²) in [7, 11) is 0. The summed E-state index contributed by atoms with van der Waals surface area (Å²) >= 11 is 0. The molecule has 0 saturated heterocycles. The molecule has 0 aliphatic heterocycles. The Morgan fingerprint density at radius 1 is 0.750 bits per heavy atom. The maximum atomic E-state index is 9.69. The molecule has 0 fully saturated rings. The smallest absolute Gasteiger partial charge is 0.115 e. The molecule has 0 aromatic heterocycles. The molecule has 0 heterocycles. The maximum absolute atomic E-state index is 9.69. The number of hydrogen-bond donors (Lipinski definition) is 2. The van der Waals surface area contributed by atoms with Crippen LogP contribution >= 0.6 is 0 Å². The molecular weight excluding hydrogens is 248 g/mol. The number of rotatable bonds is 5. The highest BCUT2D eigenvalue weighted by atomic mass is 16.3. The molecule has 2 aromatic carbocycles. The van der Waals surface area contributed by atoms with Crippen molar-refractivity contribution in [3.8, 4) is 11.5 Å². The number of phenols is 2. The fraction of sp³-hybridized carbons (Fsp3) is 0.333. The van der Waals surface area contributed by atoms with Gasteiger partial charge >= 0.3 is 0 Å². The van der Waals surface area contributed by atoms with Crippen molar-refractivity contribution in [3.05, 3.63) is 59.7 Å². The molecule has 0 spiro atoms. The Hall–Kier alpha value is -1.96. The second-order valence-corrected chi connectivity index (χ2v) is 5.22. The summed E-state index contributed by atoms with van der Waals surface area (Å²) in [6.07, 6.45) is 2.00. The van der Waals surface area contributed by atoms with Crippen LogP contribution < -0.4 is 0 Å². The van der Waals surface area contributed by atoms with Crippen molar-refractivity contribution in [1.82, 2.24) is 0 Å². The first-order chi connectivity index (χ1) is 9.65. The number of aromatic hydroxyl groups is 2. The molecule has 2 nitrogen and oxygen atoms in total. The van der Waals surface area contributed by atoms with E-state index < -0.39 is 0 Å². The summed E-state index contributed by atoms with van der Waals surface area (Å²) in [6, 6.07) is 15.0. The van der Waals surface area contributed by atoms with Gasteiger partial charge < -0.3 is 10.2 Å². The molecular formula is C18H22O2. The highest BCUT2D eigenvalue weighted by Crippen LogP contribution is 2.39. The highest BCUT2D eigenvalue weighted by molar-refractivity contribution is 5.35. The average molecular weight is 270 g/mol. The lowest BCUT2D eigenvalue weighted by Gasteiger charge is -2.26. The van der Waals surface area contributed by atoms with Crippen molar-refractivity contribution < 1.29 is 10.2 Å². The van der Waals surface area contributed by atoms with Gasteiger partial charge in [0.15, 0.2) is 0 Å². The minimum Gasteiger partial charge on any atom is -0.508 e. The normalized spacial score (nSPS) is 13.9. The molecule has 0 aliphatic carbocycles. The quantitative estimate of drug-likeness (QED) is 0.820. The van der Waals surface area contributed by atoms with Gasteiger partial charge in [0.25, 0.3) is 0 Å². The van der Waals surface area contributed by atoms with E-state index in [-0.39, 0.29) is 0 Å². The minimum absolute atomic E-state index is 0.312. The molecule has 0 radical (unpaired) electrons. The highest BCUT2D eigenvalue weighted by Gasteiger charge is 2.22. The van der Waals surface area contributed by atoms with Crippen LogP contribution in [-0.2, 0) is 0 Å². The summed E-state index contributed by atoms with van der Waals surface area (Å²) in [6.45, 7) is 4.33. The minimum atomic E-state index is 0.312. The van der Waals surface area contributed by atoms with Crippen LogP contribution in [0.1, 0.15) is 49.7 Å². The second kappa shape index (κ2) is 6.47. The van der Waals surface area contributed by atoms with Crippen molar-refractivity contribution in [2.24, 2.45) is 0 Å². The van der Waals surface area contributed by atoms with Gasteiger partial charge in [-0.1, -0.05) is 38.1 Å². The predicted molar refractivity (Wildman–Crippen MR) is 82.3 cm³/mol. The molecule has 2 N–H and O–H groups in total. The Balaban J connectivity index is 2.37. The molecule has 2 aromatic rings. The maximum Gasteiger partial charge on any atom is 0.115 e. The summed E-state index contributed by atoms with van der Waals surface area (Å²) in [4.78, 5) is 0. The van der Waals surface area contributed by atoms with Crippen LogP contribution in [0.3, 0.4) is 0 Å². The summed E-state index contributed by atoms with van der Waals surface area (Å²) in [5, 5.41) is 19.4. The van der Waals surface area contributed by atoms with Crippen molar-refractivity contribution in [2.75, 3.05) is 0 Å². The first-order valence-electron chi connectivity index (χ1n) is 7.23. The summed E-state index contributed by atoms with van der Waals surface area (Å²) in [5.74, 6) is 1.31. The van der Waals surface area contributed by atoms with Gasteiger partial charge in [-0.2, -0.15) is 0 Å². The lowest BCUT2D eigenvalue weighted by Crippen LogP contribution is -2.10. The van der Waals surface area contributed by atoms with Gasteiger partial charge in [-0.15, -0.1) is 0 Å². The van der Waals surface area contributed by atoms with E-state index >= 15 is 0 Å². The van der Waals surface area contributed by atoms with Crippen LogP contribution in [0.25, 0.3) is 0 Å². The lowest BCUT2D eigenvalue weighted by atomic mass is 9.78. The fourth-order valence-electron chi connectivity index (χ4n) is 3.02. The predicted octanol–water partition coefficient (Wildman–Crippen LogP) is 4.79. The van der Waals surface area contributed by atoms with Crippen LogP contribution in [0, 0.1) is 0 Å². The number of benzene rings is 2. The zero-order valence-electron chi connectivity index (χ0n) is 12.1. The van der Waals surface area contributed by atoms with Crippen LogP contribution in [0.5, 0.6) is 11.5 Å². The van der Waals surface area contributed by atoms with Gasteiger partial charge in [-0.05, 0) is 60.1 Å². The monoisotopic (exact) mass is 270 g/mol. The molecule has 2 atom stereocenters. The van der Waals surface area contributed by atoms with Gasteiger partial charge in [-0.3, -0.25) is 0 Å². The molecule has 20 heavy (non-hydrogen) atoms. The van der Waals surface area contributed by atoms with Gasteiger partial charge in [0.05, 0.1) is 0 Å². The van der Waals surface area contributed by atoms with Gasteiger partial charge in [0.2, 0.25) is 0 Å². The Morgan fingerprint density at radius 3 is 1.45 bits per heavy atom. The van der Waals surface area contributed by atoms with E-state index in [2.05, 4.69) is 26.0 Å². The van der Waals surface area contributed by atoms with Gasteiger partial charge in [-0.25, -0.2) is 0 Å². The van der Waals surface area contributed by atoms with Crippen molar-refractivity contribution in [1.29, 1.82) is 0 Å². The van der Waals surface area contributed by atoms with Crippen LogP contribution in [0.2, 0.25) is 0 Å². The number of hydrogen-bond acceptors (Lipinski definition) is 2. The first-order valence-corrected chi connectivity index (χ1v) is 7.23. The first kappa shape index (κ1) is 14.4. The molecule has 2 rings (SSSR count). The molecule has 2 heteroatoms.